The number of fused-ring (bicyclic) bond motifs is 1. The van der Waals surface area contributed by atoms with Crippen LogP contribution in [0.2, 0.25) is 0 Å². The molecule has 3 heterocycles. The van der Waals surface area contributed by atoms with E-state index >= 15 is 0 Å². The van der Waals surface area contributed by atoms with E-state index < -0.39 is 18.0 Å². The number of benzene rings is 3. The van der Waals surface area contributed by atoms with Crippen molar-refractivity contribution >= 4 is 21.8 Å². The highest BCUT2D eigenvalue weighted by molar-refractivity contribution is 6.07. The van der Waals surface area contributed by atoms with Crippen molar-refractivity contribution in [1.29, 1.82) is 0 Å². The van der Waals surface area contributed by atoms with E-state index in [0.717, 1.165) is 75.7 Å². The monoisotopic (exact) mass is 602 g/mol. The molecule has 0 amide bonds. The van der Waals surface area contributed by atoms with Crippen molar-refractivity contribution in [2.24, 2.45) is 0 Å². The van der Waals surface area contributed by atoms with Gasteiger partial charge in [-0.05, 0) is 83.6 Å². The molecule has 0 spiro atoms. The van der Waals surface area contributed by atoms with E-state index in [1.807, 2.05) is 43.5 Å². The minimum Gasteiger partial charge on any atom is -0.493 e. The largest absolute Gasteiger partial charge is 0.493 e. The zero-order valence-electron chi connectivity index (χ0n) is 24.6. The predicted octanol–water partition coefficient (Wildman–Crippen LogP) is 7.97. The second-order valence-electron chi connectivity index (χ2n) is 11.0. The van der Waals surface area contributed by atoms with Crippen LogP contribution in [0, 0.1) is 6.92 Å². The van der Waals surface area contributed by atoms with Crippen molar-refractivity contribution in [1.82, 2.24) is 9.97 Å². The van der Waals surface area contributed by atoms with Crippen molar-refractivity contribution in [3.8, 4) is 22.8 Å². The average molecular weight is 603 g/mol. The molecule has 0 fully saturated rings. The molecule has 9 heteroatoms. The maximum Gasteiger partial charge on any atom is 0.416 e. The molecule has 2 aromatic heterocycles. The summed E-state index contributed by atoms with van der Waals surface area (Å²) in [6.45, 7) is 5.05. The van der Waals surface area contributed by atoms with E-state index in [2.05, 4.69) is 6.92 Å². The maximum absolute atomic E-state index is 13.2. The molecule has 1 N–H and O–H groups in total. The van der Waals surface area contributed by atoms with Crippen LogP contribution in [0.4, 0.5) is 13.2 Å². The van der Waals surface area contributed by atoms with Crippen LogP contribution in [0.25, 0.3) is 32.9 Å². The summed E-state index contributed by atoms with van der Waals surface area (Å²) in [5.74, 6) is 1.09. The van der Waals surface area contributed by atoms with Crippen molar-refractivity contribution in [2.45, 2.75) is 58.6 Å². The van der Waals surface area contributed by atoms with Crippen molar-refractivity contribution < 1.29 is 32.5 Å². The number of aliphatic hydroxyl groups excluding tert-OH is 1. The lowest BCUT2D eigenvalue weighted by molar-refractivity contribution is -0.137. The summed E-state index contributed by atoms with van der Waals surface area (Å²) in [7, 11) is 0. The summed E-state index contributed by atoms with van der Waals surface area (Å²) in [6.07, 6.45) is -0.730. The Labute approximate surface area is 253 Å². The van der Waals surface area contributed by atoms with Crippen LogP contribution in [0.3, 0.4) is 0 Å². The molecule has 44 heavy (non-hydrogen) atoms. The van der Waals surface area contributed by atoms with Gasteiger partial charge < -0.3 is 19.3 Å². The number of halogens is 3. The molecular weight excluding hydrogens is 569 g/mol. The fourth-order valence-electron chi connectivity index (χ4n) is 5.78. The van der Waals surface area contributed by atoms with Crippen molar-refractivity contribution in [3.05, 3.63) is 94.7 Å². The van der Waals surface area contributed by atoms with Gasteiger partial charge in [-0.15, -0.1) is 0 Å². The molecule has 1 unspecified atom stereocenters. The molecular formula is C35H33F3N2O4. The molecule has 6 rings (SSSR count). The number of hydrogen-bond donors (Lipinski definition) is 1. The normalized spacial score (nSPS) is 13.7. The summed E-state index contributed by atoms with van der Waals surface area (Å²) < 4.78 is 57.1. The Morgan fingerprint density at radius 1 is 1.07 bits per heavy atom. The van der Waals surface area contributed by atoms with E-state index in [4.69, 9.17) is 24.2 Å². The lowest BCUT2D eigenvalue weighted by Gasteiger charge is -2.23. The SMILES string of the molecule is CCCCOC(O)Cc1c(C)cc2nc(OCc3cccc(C(F)(F)F)c3)ccc2c1-c1ccc2c3c(ccnc13)CCO2. The quantitative estimate of drug-likeness (QED) is 0.129. The predicted molar refractivity (Wildman–Crippen MR) is 163 cm³/mol. The van der Waals surface area contributed by atoms with Gasteiger partial charge >= 0.3 is 6.18 Å². The topological polar surface area (TPSA) is 73.7 Å². The third-order valence-electron chi connectivity index (χ3n) is 7.97. The first-order valence-electron chi connectivity index (χ1n) is 14.8. The molecule has 0 bridgehead atoms. The number of hydrogen-bond acceptors (Lipinski definition) is 6. The van der Waals surface area contributed by atoms with Gasteiger partial charge in [-0.2, -0.15) is 13.2 Å². The van der Waals surface area contributed by atoms with Gasteiger partial charge in [-0.25, -0.2) is 4.98 Å². The summed E-state index contributed by atoms with van der Waals surface area (Å²) in [5.41, 5.74) is 5.90. The lowest BCUT2D eigenvalue weighted by atomic mass is 9.87. The van der Waals surface area contributed by atoms with Gasteiger partial charge in [0, 0.05) is 48.0 Å². The Hall–Kier alpha value is -4.21. The van der Waals surface area contributed by atoms with Gasteiger partial charge in [-0.3, -0.25) is 4.98 Å². The third-order valence-corrected chi connectivity index (χ3v) is 7.97. The minimum absolute atomic E-state index is 0.0631. The van der Waals surface area contributed by atoms with E-state index in [9.17, 15) is 18.3 Å². The second-order valence-corrected chi connectivity index (χ2v) is 11.0. The smallest absolute Gasteiger partial charge is 0.416 e. The molecule has 0 saturated carbocycles. The van der Waals surface area contributed by atoms with Gasteiger partial charge in [0.15, 0.2) is 6.29 Å². The molecule has 5 aromatic rings. The summed E-state index contributed by atoms with van der Waals surface area (Å²) in [4.78, 5) is 9.53. The summed E-state index contributed by atoms with van der Waals surface area (Å²) in [5, 5.41) is 12.7. The van der Waals surface area contributed by atoms with Crippen molar-refractivity contribution in [2.75, 3.05) is 13.2 Å². The Morgan fingerprint density at radius 2 is 1.93 bits per heavy atom. The highest BCUT2D eigenvalue weighted by Crippen LogP contribution is 2.42. The number of pyridine rings is 2. The maximum atomic E-state index is 13.2. The van der Waals surface area contributed by atoms with Gasteiger partial charge in [0.05, 0.1) is 23.2 Å². The van der Waals surface area contributed by atoms with Crippen molar-refractivity contribution in [3.63, 3.8) is 0 Å². The Bertz CT molecular complexity index is 1810. The number of aryl methyl sites for hydroxylation is 1. The Morgan fingerprint density at radius 3 is 2.75 bits per heavy atom. The fraction of sp³-hybridized carbons (Fsp3) is 0.314. The highest BCUT2D eigenvalue weighted by Gasteiger charge is 2.30. The minimum atomic E-state index is -4.43. The second kappa shape index (κ2) is 12.4. The molecule has 228 valence electrons. The molecule has 0 saturated heterocycles. The van der Waals surface area contributed by atoms with Gasteiger partial charge in [0.2, 0.25) is 5.88 Å². The number of nitrogens with zero attached hydrogens (tertiary/aromatic N) is 2. The zero-order valence-corrected chi connectivity index (χ0v) is 24.6. The molecule has 1 atom stereocenters. The molecule has 3 aromatic carbocycles. The van der Waals surface area contributed by atoms with Crippen LogP contribution in [-0.2, 0) is 30.4 Å². The first-order chi connectivity index (χ1) is 21.2. The standard InChI is InChI=1S/C35H33F3N2O4/c1-3-4-15-43-31(41)19-27-21(2)17-28-25(9-11-30(40-28)44-20-22-6-5-7-24(18-22)35(36,37)38)33(27)26-8-10-29-32-23(13-16-42-29)12-14-39-34(26)32/h5-12,14,17-18,31,41H,3-4,13,15-16,19-20H2,1-2H3. The number of alkyl halides is 3. The zero-order chi connectivity index (χ0) is 30.8. The Balaban J connectivity index is 1.43. The van der Waals surface area contributed by atoms with Crippen LogP contribution in [0.5, 0.6) is 11.6 Å². The van der Waals surface area contributed by atoms with Gasteiger partial charge in [0.1, 0.15) is 12.4 Å². The molecule has 0 aliphatic carbocycles. The highest BCUT2D eigenvalue weighted by atomic mass is 19.4. The number of aromatic nitrogens is 2. The molecule has 1 aliphatic heterocycles. The van der Waals surface area contributed by atoms with Gasteiger partial charge in [-0.1, -0.05) is 25.5 Å². The van der Waals surface area contributed by atoms with Gasteiger partial charge in [0.25, 0.3) is 0 Å². The molecule has 1 aliphatic rings. The van der Waals surface area contributed by atoms with Crippen LogP contribution < -0.4 is 9.47 Å². The van der Waals surface area contributed by atoms with E-state index in [1.54, 1.807) is 12.1 Å². The Kier molecular flexibility index (Phi) is 8.42. The van der Waals surface area contributed by atoms with E-state index in [1.165, 1.54) is 11.6 Å². The van der Waals surface area contributed by atoms with E-state index in [-0.39, 0.29) is 13.0 Å². The number of unbranched alkanes of at least 4 members (excludes halogenated alkanes) is 1. The number of aliphatic hydroxyl groups is 1. The average Bonchev–Trinajstić information content (AvgIpc) is 3.01. The van der Waals surface area contributed by atoms with Crippen LogP contribution in [0.1, 0.15) is 47.6 Å². The third kappa shape index (κ3) is 6.07. The lowest BCUT2D eigenvalue weighted by Crippen LogP contribution is -2.17. The van der Waals surface area contributed by atoms with Crippen LogP contribution in [0.15, 0.2) is 66.9 Å². The summed E-state index contributed by atoms with van der Waals surface area (Å²) in [6, 6.07) is 16.6. The fourth-order valence-corrected chi connectivity index (χ4v) is 5.78. The molecule has 0 radical (unpaired) electrons. The van der Waals surface area contributed by atoms with E-state index in [0.29, 0.717) is 30.2 Å². The first kappa shape index (κ1) is 29.8. The number of rotatable bonds is 10. The van der Waals surface area contributed by atoms with Crippen LogP contribution in [-0.4, -0.2) is 34.6 Å². The first-order valence-corrected chi connectivity index (χ1v) is 14.8. The number of ether oxygens (including phenoxy) is 3. The summed E-state index contributed by atoms with van der Waals surface area (Å²) >= 11 is 0. The van der Waals surface area contributed by atoms with Crippen LogP contribution >= 0.6 is 0 Å². The molecule has 6 nitrogen and oxygen atoms in total.